The van der Waals surface area contributed by atoms with Crippen LogP contribution in [0.5, 0.6) is 0 Å². The van der Waals surface area contributed by atoms with Crippen molar-refractivity contribution in [3.05, 3.63) is 24.3 Å². The highest BCUT2D eigenvalue weighted by Gasteiger charge is 2.31. The molecule has 0 aromatic carbocycles. The first-order chi connectivity index (χ1) is 6.46. The largest absolute Gasteiger partial charge is 0.313 e. The lowest BCUT2D eigenvalue weighted by Crippen LogP contribution is -2.39. The van der Waals surface area contributed by atoms with Gasteiger partial charge in [0.05, 0.1) is 0 Å². The van der Waals surface area contributed by atoms with Crippen molar-refractivity contribution in [2.45, 2.75) is 33.7 Å². The van der Waals surface area contributed by atoms with E-state index in [1.54, 1.807) is 0 Å². The van der Waals surface area contributed by atoms with Gasteiger partial charge in [0.25, 0.3) is 0 Å². The highest BCUT2D eigenvalue weighted by atomic mass is 14.9. The molecule has 80 valence electrons. The van der Waals surface area contributed by atoms with Crippen molar-refractivity contribution in [1.82, 2.24) is 5.32 Å². The quantitative estimate of drug-likeness (QED) is 0.711. The lowest BCUT2D eigenvalue weighted by molar-refractivity contribution is 0.186. The van der Waals surface area contributed by atoms with E-state index in [4.69, 9.17) is 0 Å². The minimum Gasteiger partial charge on any atom is -0.313 e. The van der Waals surface area contributed by atoms with Crippen LogP contribution in [0.1, 0.15) is 27.7 Å². The minimum atomic E-state index is 0.370. The summed E-state index contributed by atoms with van der Waals surface area (Å²) in [6.45, 7) is 9.29. The number of allylic oxidation sites excluding steroid dienone is 2. The summed E-state index contributed by atoms with van der Waals surface area (Å²) in [5.74, 6) is 1.30. The molecular weight excluding hydrogens is 170 g/mol. The molecule has 0 radical (unpaired) electrons. The van der Waals surface area contributed by atoms with E-state index in [2.05, 4.69) is 57.3 Å². The number of rotatable bonds is 2. The third-order valence-electron chi connectivity index (χ3n) is 3.45. The Morgan fingerprint density at radius 2 is 1.71 bits per heavy atom. The van der Waals surface area contributed by atoms with Gasteiger partial charge >= 0.3 is 0 Å². The van der Waals surface area contributed by atoms with Gasteiger partial charge in [-0.15, -0.1) is 0 Å². The SMILES string of the molecule is CNC1C=CC=CC1C(C)C(C)(C)C. The molecule has 3 unspecified atom stereocenters. The normalized spacial score (nSPS) is 29.2. The Bertz CT molecular complexity index is 232. The van der Waals surface area contributed by atoms with Crippen molar-refractivity contribution in [2.24, 2.45) is 17.3 Å². The third-order valence-corrected chi connectivity index (χ3v) is 3.45. The standard InChI is InChI=1S/C13H23N/c1-10(13(2,3)4)11-8-6-7-9-12(11)14-5/h6-12,14H,1-5H3. The van der Waals surface area contributed by atoms with Gasteiger partial charge in [-0.25, -0.2) is 0 Å². The van der Waals surface area contributed by atoms with Crippen LogP contribution < -0.4 is 5.32 Å². The van der Waals surface area contributed by atoms with E-state index in [9.17, 15) is 0 Å². The fourth-order valence-corrected chi connectivity index (χ4v) is 1.97. The maximum absolute atomic E-state index is 3.37. The topological polar surface area (TPSA) is 12.0 Å². The Morgan fingerprint density at radius 1 is 1.14 bits per heavy atom. The molecule has 0 spiro atoms. The molecule has 0 aromatic heterocycles. The summed E-state index contributed by atoms with van der Waals surface area (Å²) >= 11 is 0. The fourth-order valence-electron chi connectivity index (χ4n) is 1.97. The van der Waals surface area contributed by atoms with Gasteiger partial charge < -0.3 is 5.32 Å². The zero-order valence-corrected chi connectivity index (χ0v) is 10.0. The molecule has 3 atom stereocenters. The second kappa shape index (κ2) is 4.31. The molecule has 1 aliphatic rings. The van der Waals surface area contributed by atoms with Crippen LogP contribution >= 0.6 is 0 Å². The predicted molar refractivity (Wildman–Crippen MR) is 63.2 cm³/mol. The lowest BCUT2D eigenvalue weighted by atomic mass is 9.71. The summed E-state index contributed by atoms with van der Waals surface area (Å²) in [5.41, 5.74) is 0.370. The molecule has 0 saturated carbocycles. The Morgan fingerprint density at radius 3 is 2.21 bits per heavy atom. The summed E-state index contributed by atoms with van der Waals surface area (Å²) in [6, 6.07) is 0.495. The van der Waals surface area contributed by atoms with Crippen molar-refractivity contribution in [2.75, 3.05) is 7.05 Å². The van der Waals surface area contributed by atoms with Crippen LogP contribution in [0.3, 0.4) is 0 Å². The molecule has 0 bridgehead atoms. The molecule has 1 aliphatic carbocycles. The average Bonchev–Trinajstić information content (AvgIpc) is 2.15. The van der Waals surface area contributed by atoms with E-state index in [0.29, 0.717) is 23.3 Å². The molecule has 0 saturated heterocycles. The van der Waals surface area contributed by atoms with Crippen LogP contribution in [0.4, 0.5) is 0 Å². The van der Waals surface area contributed by atoms with Gasteiger partial charge in [0.1, 0.15) is 0 Å². The summed E-state index contributed by atoms with van der Waals surface area (Å²) in [4.78, 5) is 0. The fraction of sp³-hybridized carbons (Fsp3) is 0.692. The van der Waals surface area contributed by atoms with Crippen LogP contribution in [0, 0.1) is 17.3 Å². The Balaban J connectivity index is 2.76. The highest BCUT2D eigenvalue weighted by Crippen LogP contribution is 2.35. The molecule has 0 amide bonds. The van der Waals surface area contributed by atoms with Crippen LogP contribution in [0.2, 0.25) is 0 Å². The second-order valence-electron chi connectivity index (χ2n) is 5.32. The van der Waals surface area contributed by atoms with E-state index in [0.717, 1.165) is 0 Å². The highest BCUT2D eigenvalue weighted by molar-refractivity contribution is 5.18. The van der Waals surface area contributed by atoms with Crippen LogP contribution in [-0.2, 0) is 0 Å². The van der Waals surface area contributed by atoms with Gasteiger partial charge in [0.15, 0.2) is 0 Å². The van der Waals surface area contributed by atoms with E-state index in [-0.39, 0.29) is 0 Å². The number of hydrogen-bond acceptors (Lipinski definition) is 1. The predicted octanol–water partition coefficient (Wildman–Crippen LogP) is 3.00. The van der Waals surface area contributed by atoms with Gasteiger partial charge in [0.2, 0.25) is 0 Å². The first-order valence-corrected chi connectivity index (χ1v) is 5.49. The maximum Gasteiger partial charge on any atom is 0.0316 e. The summed E-state index contributed by atoms with van der Waals surface area (Å²) in [5, 5.41) is 3.37. The molecule has 1 heteroatoms. The minimum absolute atomic E-state index is 0.370. The molecule has 1 rings (SSSR count). The number of hydrogen-bond donors (Lipinski definition) is 1. The van der Waals surface area contributed by atoms with Crippen molar-refractivity contribution in [3.63, 3.8) is 0 Å². The average molecular weight is 193 g/mol. The molecule has 0 fully saturated rings. The van der Waals surface area contributed by atoms with Crippen LogP contribution in [-0.4, -0.2) is 13.1 Å². The summed E-state index contributed by atoms with van der Waals surface area (Å²) < 4.78 is 0. The van der Waals surface area contributed by atoms with Gasteiger partial charge in [-0.3, -0.25) is 0 Å². The zero-order chi connectivity index (χ0) is 10.8. The Hall–Kier alpha value is -0.560. The molecule has 0 aliphatic heterocycles. The first kappa shape index (κ1) is 11.5. The van der Waals surface area contributed by atoms with Gasteiger partial charge in [0, 0.05) is 6.04 Å². The summed E-state index contributed by atoms with van der Waals surface area (Å²) in [7, 11) is 2.04. The van der Waals surface area contributed by atoms with Crippen molar-refractivity contribution >= 4 is 0 Å². The van der Waals surface area contributed by atoms with Crippen LogP contribution in [0.15, 0.2) is 24.3 Å². The van der Waals surface area contributed by atoms with E-state index in [1.807, 2.05) is 7.05 Å². The molecule has 1 nitrogen and oxygen atoms in total. The molecule has 0 aromatic rings. The Kier molecular flexibility index (Phi) is 3.54. The van der Waals surface area contributed by atoms with Gasteiger partial charge in [-0.2, -0.15) is 0 Å². The molecular formula is C13H23N. The number of likely N-dealkylation sites (N-methyl/N-ethyl adjacent to an activating group) is 1. The second-order valence-corrected chi connectivity index (χ2v) is 5.32. The third kappa shape index (κ3) is 2.48. The Labute approximate surface area is 88.3 Å². The molecule has 0 heterocycles. The van der Waals surface area contributed by atoms with Gasteiger partial charge in [-0.1, -0.05) is 52.0 Å². The summed E-state index contributed by atoms with van der Waals surface area (Å²) in [6.07, 6.45) is 8.89. The van der Waals surface area contributed by atoms with Crippen molar-refractivity contribution in [3.8, 4) is 0 Å². The van der Waals surface area contributed by atoms with E-state index < -0.39 is 0 Å². The number of nitrogens with one attached hydrogen (secondary N) is 1. The lowest BCUT2D eigenvalue weighted by Gasteiger charge is -2.37. The maximum atomic E-state index is 3.37. The van der Waals surface area contributed by atoms with Crippen molar-refractivity contribution < 1.29 is 0 Å². The van der Waals surface area contributed by atoms with Crippen LogP contribution in [0.25, 0.3) is 0 Å². The molecule has 1 N–H and O–H groups in total. The first-order valence-electron chi connectivity index (χ1n) is 5.49. The van der Waals surface area contributed by atoms with Crippen molar-refractivity contribution in [1.29, 1.82) is 0 Å². The van der Waals surface area contributed by atoms with Gasteiger partial charge in [-0.05, 0) is 24.3 Å². The van der Waals surface area contributed by atoms with E-state index in [1.165, 1.54) is 0 Å². The van der Waals surface area contributed by atoms with E-state index >= 15 is 0 Å². The monoisotopic (exact) mass is 193 g/mol. The smallest absolute Gasteiger partial charge is 0.0316 e. The zero-order valence-electron chi connectivity index (χ0n) is 10.0. The molecule has 14 heavy (non-hydrogen) atoms.